The number of rotatable bonds is 3. The van der Waals surface area contributed by atoms with Gasteiger partial charge in [-0.3, -0.25) is 0 Å². The molecule has 2 rings (SSSR count). The molecule has 0 aliphatic rings. The molecule has 86 valence electrons. The van der Waals surface area contributed by atoms with Crippen molar-refractivity contribution in [2.24, 2.45) is 0 Å². The van der Waals surface area contributed by atoms with Crippen molar-refractivity contribution >= 4 is 33.0 Å². The van der Waals surface area contributed by atoms with Gasteiger partial charge in [-0.05, 0) is 40.2 Å². The Kier molecular flexibility index (Phi) is 3.77. The van der Waals surface area contributed by atoms with E-state index in [4.69, 9.17) is 5.26 Å². The van der Waals surface area contributed by atoms with Crippen LogP contribution in [-0.2, 0) is 0 Å². The average Bonchev–Trinajstić information content (AvgIpc) is 2.75. The minimum atomic E-state index is -0.539. The molecule has 0 saturated heterocycles. The standard InChI is InChI=1S/C12H8BrFN2S/c13-12-6-5-11(17-12)10(7-15)16-9-4-2-1-3-8(9)14/h1-6,10,16H. The number of nitrogens with one attached hydrogen (secondary N) is 1. The molecule has 0 aliphatic heterocycles. The highest BCUT2D eigenvalue weighted by Gasteiger charge is 2.14. The number of benzene rings is 1. The van der Waals surface area contributed by atoms with Crippen LogP contribution < -0.4 is 5.32 Å². The predicted molar refractivity (Wildman–Crippen MR) is 70.4 cm³/mol. The normalized spacial score (nSPS) is 11.8. The van der Waals surface area contributed by atoms with E-state index in [2.05, 4.69) is 27.3 Å². The number of para-hydroxylation sites is 1. The van der Waals surface area contributed by atoms with E-state index in [1.807, 2.05) is 12.1 Å². The van der Waals surface area contributed by atoms with Crippen LogP contribution in [0, 0.1) is 17.1 Å². The van der Waals surface area contributed by atoms with Gasteiger partial charge < -0.3 is 5.32 Å². The molecule has 1 aromatic carbocycles. The van der Waals surface area contributed by atoms with Gasteiger partial charge in [0.1, 0.15) is 11.9 Å². The van der Waals surface area contributed by atoms with E-state index in [0.29, 0.717) is 5.69 Å². The van der Waals surface area contributed by atoms with Crippen molar-refractivity contribution in [2.75, 3.05) is 5.32 Å². The number of thiophene rings is 1. The molecule has 0 radical (unpaired) electrons. The summed E-state index contributed by atoms with van der Waals surface area (Å²) in [6.07, 6.45) is 0. The molecule has 1 unspecified atom stereocenters. The molecule has 0 bridgehead atoms. The minimum absolute atomic E-state index is 0.337. The lowest BCUT2D eigenvalue weighted by molar-refractivity contribution is 0.629. The zero-order valence-electron chi connectivity index (χ0n) is 8.65. The van der Waals surface area contributed by atoms with Crippen LogP contribution in [0.3, 0.4) is 0 Å². The zero-order valence-corrected chi connectivity index (χ0v) is 11.1. The van der Waals surface area contributed by atoms with Crippen molar-refractivity contribution in [3.05, 3.63) is 50.9 Å². The van der Waals surface area contributed by atoms with Gasteiger partial charge in [-0.15, -0.1) is 11.3 Å². The summed E-state index contributed by atoms with van der Waals surface area (Å²) in [6.45, 7) is 0. The highest BCUT2D eigenvalue weighted by molar-refractivity contribution is 9.11. The van der Waals surface area contributed by atoms with Gasteiger partial charge in [-0.25, -0.2) is 4.39 Å². The highest BCUT2D eigenvalue weighted by Crippen LogP contribution is 2.29. The Morgan fingerprint density at radius 1 is 1.29 bits per heavy atom. The van der Waals surface area contributed by atoms with Gasteiger partial charge in [0.2, 0.25) is 0 Å². The van der Waals surface area contributed by atoms with Gasteiger partial charge in [-0.2, -0.15) is 5.26 Å². The third kappa shape index (κ3) is 2.84. The molecule has 1 N–H and O–H groups in total. The van der Waals surface area contributed by atoms with Crippen LogP contribution in [0.1, 0.15) is 10.9 Å². The Morgan fingerprint density at radius 2 is 2.06 bits per heavy atom. The Bertz CT molecular complexity index is 562. The molecule has 1 aromatic heterocycles. The van der Waals surface area contributed by atoms with Crippen molar-refractivity contribution in [1.29, 1.82) is 5.26 Å². The summed E-state index contributed by atoms with van der Waals surface area (Å²) in [5, 5.41) is 12.0. The summed E-state index contributed by atoms with van der Waals surface area (Å²) in [7, 11) is 0. The van der Waals surface area contributed by atoms with E-state index in [0.717, 1.165) is 8.66 Å². The van der Waals surface area contributed by atoms with Gasteiger partial charge in [0.25, 0.3) is 0 Å². The van der Waals surface area contributed by atoms with Gasteiger partial charge >= 0.3 is 0 Å². The molecule has 0 aliphatic carbocycles. The summed E-state index contributed by atoms with van der Waals surface area (Å²) >= 11 is 4.79. The maximum atomic E-state index is 13.4. The number of hydrogen-bond donors (Lipinski definition) is 1. The fraction of sp³-hybridized carbons (Fsp3) is 0.0833. The van der Waals surface area contributed by atoms with Gasteiger partial charge in [0, 0.05) is 4.88 Å². The monoisotopic (exact) mass is 310 g/mol. The summed E-state index contributed by atoms with van der Waals surface area (Å²) in [6, 6.07) is 11.6. The largest absolute Gasteiger partial charge is 0.363 e. The quantitative estimate of drug-likeness (QED) is 0.916. The number of nitriles is 1. The smallest absolute Gasteiger partial charge is 0.149 e. The lowest BCUT2D eigenvalue weighted by Crippen LogP contribution is -2.07. The molecular formula is C12H8BrFN2S. The first-order valence-corrected chi connectivity index (χ1v) is 6.47. The van der Waals surface area contributed by atoms with E-state index >= 15 is 0 Å². The molecule has 17 heavy (non-hydrogen) atoms. The molecule has 2 nitrogen and oxygen atoms in total. The Hall–Kier alpha value is -1.38. The van der Waals surface area contributed by atoms with Crippen LogP contribution in [-0.4, -0.2) is 0 Å². The number of halogens is 2. The topological polar surface area (TPSA) is 35.8 Å². The Balaban J connectivity index is 2.22. The van der Waals surface area contributed by atoms with E-state index in [-0.39, 0.29) is 5.82 Å². The van der Waals surface area contributed by atoms with Crippen molar-refractivity contribution in [3.8, 4) is 6.07 Å². The van der Waals surface area contributed by atoms with Crippen LogP contribution >= 0.6 is 27.3 Å². The molecule has 5 heteroatoms. The van der Waals surface area contributed by atoms with Crippen molar-refractivity contribution in [2.45, 2.75) is 6.04 Å². The SMILES string of the molecule is N#CC(Nc1ccccc1F)c1ccc(Br)s1. The molecule has 0 spiro atoms. The fourth-order valence-corrected chi connectivity index (χ4v) is 2.80. The Labute approximate surface area is 111 Å². The van der Waals surface area contributed by atoms with E-state index in [9.17, 15) is 4.39 Å². The second kappa shape index (κ2) is 5.30. The Morgan fingerprint density at radius 3 is 2.65 bits per heavy atom. The van der Waals surface area contributed by atoms with E-state index in [1.165, 1.54) is 17.4 Å². The van der Waals surface area contributed by atoms with Crippen molar-refractivity contribution in [3.63, 3.8) is 0 Å². The highest BCUT2D eigenvalue weighted by atomic mass is 79.9. The molecule has 0 saturated carbocycles. The van der Waals surface area contributed by atoms with Gasteiger partial charge in [-0.1, -0.05) is 12.1 Å². The summed E-state index contributed by atoms with van der Waals surface area (Å²) < 4.78 is 14.4. The lowest BCUT2D eigenvalue weighted by Gasteiger charge is -2.11. The summed E-state index contributed by atoms with van der Waals surface area (Å²) in [5.41, 5.74) is 0.337. The van der Waals surface area contributed by atoms with E-state index in [1.54, 1.807) is 18.2 Å². The van der Waals surface area contributed by atoms with Crippen LogP contribution in [0.4, 0.5) is 10.1 Å². The number of nitrogens with zero attached hydrogens (tertiary/aromatic N) is 1. The zero-order chi connectivity index (χ0) is 12.3. The van der Waals surface area contributed by atoms with Crippen molar-refractivity contribution in [1.82, 2.24) is 0 Å². The number of anilines is 1. The molecule has 0 amide bonds. The van der Waals surface area contributed by atoms with Crippen LogP contribution in [0.2, 0.25) is 0 Å². The molecule has 1 atom stereocenters. The first-order chi connectivity index (χ1) is 8.20. The first kappa shape index (κ1) is 12.1. The lowest BCUT2D eigenvalue weighted by atomic mass is 10.2. The molecular weight excluding hydrogens is 303 g/mol. The second-order valence-electron chi connectivity index (χ2n) is 3.33. The van der Waals surface area contributed by atoms with E-state index < -0.39 is 6.04 Å². The maximum Gasteiger partial charge on any atom is 0.149 e. The predicted octanol–water partition coefficient (Wildman–Crippen LogP) is 4.33. The maximum absolute atomic E-state index is 13.4. The fourth-order valence-electron chi connectivity index (χ4n) is 1.38. The van der Waals surface area contributed by atoms with Gasteiger partial charge in [0.15, 0.2) is 0 Å². The molecule has 2 aromatic rings. The molecule has 0 fully saturated rings. The minimum Gasteiger partial charge on any atom is -0.363 e. The van der Waals surface area contributed by atoms with Crippen LogP contribution in [0.5, 0.6) is 0 Å². The van der Waals surface area contributed by atoms with Crippen LogP contribution in [0.15, 0.2) is 40.2 Å². The van der Waals surface area contributed by atoms with Gasteiger partial charge in [0.05, 0.1) is 15.5 Å². The third-order valence-electron chi connectivity index (χ3n) is 2.18. The van der Waals surface area contributed by atoms with Crippen molar-refractivity contribution < 1.29 is 4.39 Å². The number of hydrogen-bond acceptors (Lipinski definition) is 3. The summed E-state index contributed by atoms with van der Waals surface area (Å²) in [4.78, 5) is 0.850. The average molecular weight is 311 g/mol. The van der Waals surface area contributed by atoms with Crippen LogP contribution in [0.25, 0.3) is 0 Å². The third-order valence-corrected chi connectivity index (χ3v) is 3.87. The first-order valence-electron chi connectivity index (χ1n) is 4.86. The molecule has 1 heterocycles. The summed E-state index contributed by atoms with van der Waals surface area (Å²) in [5.74, 6) is -0.358. The second-order valence-corrected chi connectivity index (χ2v) is 5.82.